The van der Waals surface area contributed by atoms with Crippen molar-refractivity contribution in [3.8, 4) is 5.75 Å². The summed E-state index contributed by atoms with van der Waals surface area (Å²) in [5.41, 5.74) is 1.12. The summed E-state index contributed by atoms with van der Waals surface area (Å²) in [6.45, 7) is 5.07. The van der Waals surface area contributed by atoms with Gasteiger partial charge in [-0.2, -0.15) is 0 Å². The summed E-state index contributed by atoms with van der Waals surface area (Å²) in [5.74, 6) is 2.01. The van der Waals surface area contributed by atoms with E-state index in [9.17, 15) is 4.79 Å². The highest BCUT2D eigenvalue weighted by atomic mass is 16.5. The van der Waals surface area contributed by atoms with E-state index in [0.29, 0.717) is 25.7 Å². The molecule has 1 aliphatic carbocycles. The normalized spacial score (nSPS) is 27.0. The van der Waals surface area contributed by atoms with Gasteiger partial charge in [0.15, 0.2) is 0 Å². The summed E-state index contributed by atoms with van der Waals surface area (Å²) in [7, 11) is 1.67. The van der Waals surface area contributed by atoms with Crippen molar-refractivity contribution in [1.29, 1.82) is 0 Å². The molecule has 0 aromatic heterocycles. The first kappa shape index (κ1) is 17.3. The van der Waals surface area contributed by atoms with Gasteiger partial charge in [-0.1, -0.05) is 19.1 Å². The van der Waals surface area contributed by atoms with Gasteiger partial charge in [0.05, 0.1) is 12.0 Å². The third-order valence-corrected chi connectivity index (χ3v) is 5.69. The second-order valence-corrected chi connectivity index (χ2v) is 7.42. The van der Waals surface area contributed by atoms with Gasteiger partial charge in [0.1, 0.15) is 12.4 Å². The van der Waals surface area contributed by atoms with E-state index in [1.165, 1.54) is 18.4 Å². The zero-order chi connectivity index (χ0) is 17.0. The lowest BCUT2D eigenvalue weighted by Crippen LogP contribution is -2.36. The number of benzene rings is 1. The number of rotatable bonds is 6. The highest BCUT2D eigenvalue weighted by Crippen LogP contribution is 2.46. The second-order valence-electron chi connectivity index (χ2n) is 7.42. The molecule has 132 valence electrons. The number of ether oxygens (including phenoxy) is 2. The third kappa shape index (κ3) is 3.75. The second kappa shape index (κ2) is 7.56. The van der Waals surface area contributed by atoms with Gasteiger partial charge in [-0.05, 0) is 55.7 Å². The van der Waals surface area contributed by atoms with Crippen molar-refractivity contribution in [2.75, 3.05) is 26.9 Å². The van der Waals surface area contributed by atoms with Gasteiger partial charge in [-0.3, -0.25) is 4.79 Å². The summed E-state index contributed by atoms with van der Waals surface area (Å²) in [4.78, 5) is 15.0. The maximum absolute atomic E-state index is 12.9. The average Bonchev–Trinajstić information content (AvgIpc) is 2.89. The number of carbonyl (C=O) groups is 1. The standard InChI is InChI=1S/C20H29NO3/c1-16-7-9-20(10-8-16)11-12-21(19(20)22)15-17-3-5-18(6-4-17)24-14-13-23-2/h3-6,16H,7-15H2,1-2H3/t16-,20+. The van der Waals surface area contributed by atoms with E-state index in [1.807, 2.05) is 12.1 Å². The zero-order valence-corrected chi connectivity index (χ0v) is 14.9. The minimum atomic E-state index is -0.0459. The number of amides is 1. The zero-order valence-electron chi connectivity index (χ0n) is 14.9. The van der Waals surface area contributed by atoms with Gasteiger partial charge in [0, 0.05) is 20.2 Å². The number of nitrogens with zero attached hydrogens (tertiary/aromatic N) is 1. The maximum atomic E-state index is 12.9. The Kier molecular flexibility index (Phi) is 5.44. The molecule has 2 fully saturated rings. The van der Waals surface area contributed by atoms with Crippen molar-refractivity contribution < 1.29 is 14.3 Å². The molecule has 4 heteroatoms. The largest absolute Gasteiger partial charge is 0.491 e. The van der Waals surface area contributed by atoms with Crippen LogP contribution < -0.4 is 4.74 Å². The van der Waals surface area contributed by atoms with Crippen LogP contribution >= 0.6 is 0 Å². The summed E-state index contributed by atoms with van der Waals surface area (Å²) >= 11 is 0. The molecule has 1 saturated carbocycles. The quantitative estimate of drug-likeness (QED) is 0.747. The van der Waals surface area contributed by atoms with Crippen molar-refractivity contribution in [3.63, 3.8) is 0 Å². The van der Waals surface area contributed by atoms with Gasteiger partial charge in [-0.25, -0.2) is 0 Å². The fourth-order valence-electron chi connectivity index (χ4n) is 3.98. The molecular formula is C20H29NO3. The first-order valence-corrected chi connectivity index (χ1v) is 9.13. The Morgan fingerprint density at radius 2 is 1.83 bits per heavy atom. The van der Waals surface area contributed by atoms with E-state index in [4.69, 9.17) is 9.47 Å². The van der Waals surface area contributed by atoms with Gasteiger partial charge < -0.3 is 14.4 Å². The van der Waals surface area contributed by atoms with Crippen LogP contribution in [0.15, 0.2) is 24.3 Å². The Labute approximate surface area is 145 Å². The van der Waals surface area contributed by atoms with Crippen molar-refractivity contribution in [3.05, 3.63) is 29.8 Å². The molecule has 0 unspecified atom stereocenters. The van der Waals surface area contributed by atoms with Gasteiger partial charge in [0.25, 0.3) is 0 Å². The number of carbonyl (C=O) groups excluding carboxylic acids is 1. The molecule has 1 heterocycles. The summed E-state index contributed by atoms with van der Waals surface area (Å²) in [5, 5.41) is 0. The number of hydrogen-bond donors (Lipinski definition) is 0. The Morgan fingerprint density at radius 3 is 2.50 bits per heavy atom. The highest BCUT2D eigenvalue weighted by molar-refractivity contribution is 5.85. The SMILES string of the molecule is COCCOc1ccc(CN2CC[C@]3(CC[C@H](C)CC3)C2=O)cc1. The monoisotopic (exact) mass is 331 g/mol. The predicted octanol–water partition coefficient (Wildman–Crippen LogP) is 3.64. The lowest BCUT2D eigenvalue weighted by atomic mass is 9.70. The highest BCUT2D eigenvalue weighted by Gasteiger charge is 2.47. The lowest BCUT2D eigenvalue weighted by molar-refractivity contribution is -0.138. The topological polar surface area (TPSA) is 38.8 Å². The van der Waals surface area contributed by atoms with Gasteiger partial charge in [0.2, 0.25) is 5.91 Å². The molecule has 0 radical (unpaired) electrons. The van der Waals surface area contributed by atoms with Gasteiger partial charge >= 0.3 is 0 Å². The Balaban J connectivity index is 1.56. The Bertz CT molecular complexity index is 547. The summed E-state index contributed by atoms with van der Waals surface area (Å²) in [6, 6.07) is 8.07. The van der Waals surface area contributed by atoms with Crippen LogP contribution in [0.2, 0.25) is 0 Å². The Hall–Kier alpha value is -1.55. The fraction of sp³-hybridized carbons (Fsp3) is 0.650. The van der Waals surface area contributed by atoms with Crippen LogP contribution in [0.5, 0.6) is 5.75 Å². The molecule has 1 amide bonds. The van der Waals surface area contributed by atoms with Crippen LogP contribution in [0.4, 0.5) is 0 Å². The van der Waals surface area contributed by atoms with Gasteiger partial charge in [-0.15, -0.1) is 0 Å². The molecule has 1 aliphatic heterocycles. The van der Waals surface area contributed by atoms with Crippen LogP contribution in [0, 0.1) is 11.3 Å². The van der Waals surface area contributed by atoms with Crippen molar-refractivity contribution in [2.24, 2.45) is 11.3 Å². The van der Waals surface area contributed by atoms with E-state index in [0.717, 1.165) is 37.5 Å². The molecule has 1 spiro atoms. The van der Waals surface area contributed by atoms with Crippen molar-refractivity contribution >= 4 is 5.91 Å². The average molecular weight is 331 g/mol. The number of likely N-dealkylation sites (tertiary alicyclic amines) is 1. The molecule has 4 nitrogen and oxygen atoms in total. The molecule has 2 aliphatic rings. The molecule has 3 rings (SSSR count). The molecule has 1 aromatic rings. The molecule has 24 heavy (non-hydrogen) atoms. The Morgan fingerprint density at radius 1 is 1.12 bits per heavy atom. The van der Waals surface area contributed by atoms with Crippen LogP contribution in [0.3, 0.4) is 0 Å². The van der Waals surface area contributed by atoms with Crippen LogP contribution in [-0.2, 0) is 16.1 Å². The van der Waals surface area contributed by atoms with E-state index in [1.54, 1.807) is 7.11 Å². The molecular weight excluding hydrogens is 302 g/mol. The minimum absolute atomic E-state index is 0.0459. The summed E-state index contributed by atoms with van der Waals surface area (Å²) < 4.78 is 10.6. The first-order chi connectivity index (χ1) is 11.6. The molecule has 0 bridgehead atoms. The minimum Gasteiger partial charge on any atom is -0.491 e. The van der Waals surface area contributed by atoms with E-state index in [2.05, 4.69) is 24.0 Å². The predicted molar refractivity (Wildman–Crippen MR) is 93.9 cm³/mol. The smallest absolute Gasteiger partial charge is 0.229 e. The molecule has 0 atom stereocenters. The lowest BCUT2D eigenvalue weighted by Gasteiger charge is -2.34. The van der Waals surface area contributed by atoms with Crippen LogP contribution in [-0.4, -0.2) is 37.7 Å². The first-order valence-electron chi connectivity index (χ1n) is 9.13. The molecule has 1 saturated heterocycles. The molecule has 0 N–H and O–H groups in total. The van der Waals surface area contributed by atoms with E-state index >= 15 is 0 Å². The van der Waals surface area contributed by atoms with Crippen molar-refractivity contribution in [2.45, 2.75) is 45.6 Å². The number of hydrogen-bond acceptors (Lipinski definition) is 3. The summed E-state index contributed by atoms with van der Waals surface area (Å²) in [6.07, 6.45) is 5.60. The molecule has 1 aromatic carbocycles. The van der Waals surface area contributed by atoms with E-state index in [-0.39, 0.29) is 5.41 Å². The van der Waals surface area contributed by atoms with Crippen LogP contribution in [0.1, 0.15) is 44.6 Å². The van der Waals surface area contributed by atoms with Crippen molar-refractivity contribution in [1.82, 2.24) is 4.90 Å². The number of methoxy groups -OCH3 is 1. The van der Waals surface area contributed by atoms with E-state index < -0.39 is 0 Å². The third-order valence-electron chi connectivity index (χ3n) is 5.69. The van der Waals surface area contributed by atoms with Crippen LogP contribution in [0.25, 0.3) is 0 Å². The fourth-order valence-corrected chi connectivity index (χ4v) is 3.98. The maximum Gasteiger partial charge on any atom is 0.229 e.